The van der Waals surface area contributed by atoms with Crippen molar-refractivity contribution in [2.24, 2.45) is 5.92 Å². The highest BCUT2D eigenvalue weighted by Gasteiger charge is 1.97. The Morgan fingerprint density at radius 1 is 1.12 bits per heavy atom. The molecule has 0 aliphatic rings. The highest BCUT2D eigenvalue weighted by Crippen LogP contribution is 2.09. The molecule has 0 radical (unpaired) electrons. The maximum Gasteiger partial charge on any atom is 0.129 e. The van der Waals surface area contributed by atoms with Gasteiger partial charge in [-0.1, -0.05) is 52.9 Å². The molecule has 0 saturated carbocycles. The molecule has 1 unspecified atom stereocenters. The minimum absolute atomic E-state index is 0.255. The first-order valence-electron chi connectivity index (χ1n) is 6.53. The Kier molecular flexibility index (Phi) is 15.9. The van der Waals surface area contributed by atoms with E-state index in [1.807, 2.05) is 13.8 Å². The van der Waals surface area contributed by atoms with Crippen molar-refractivity contribution in [3.8, 4) is 0 Å². The van der Waals surface area contributed by atoms with Crippen LogP contribution in [0.15, 0.2) is 0 Å². The molecule has 1 atom stereocenters. The lowest BCUT2D eigenvalue weighted by Gasteiger charge is -2.01. The molecule has 16 heavy (non-hydrogen) atoms. The van der Waals surface area contributed by atoms with Gasteiger partial charge in [-0.3, -0.25) is 0 Å². The molecule has 2 nitrogen and oxygen atoms in total. The molecule has 0 aliphatic heterocycles. The standard InChI is InChI=1S/C10H20O.C4H8O/c1-3-4-5-6-7-8-10(2)9-11;1-3-4(2)5/h9-10H,3-8H2,1-2H3;3H2,1-2H3. The van der Waals surface area contributed by atoms with Gasteiger partial charge in [0.2, 0.25) is 0 Å². The second-order valence-corrected chi connectivity index (χ2v) is 4.37. The number of carbonyl (C=O) groups excluding carboxylic acids is 2. The lowest BCUT2D eigenvalue weighted by Crippen LogP contribution is -1.94. The van der Waals surface area contributed by atoms with Gasteiger partial charge in [-0.05, 0) is 13.3 Å². The van der Waals surface area contributed by atoms with Crippen LogP contribution in [0.3, 0.4) is 0 Å². The van der Waals surface area contributed by atoms with Crippen LogP contribution in [0.2, 0.25) is 0 Å². The summed E-state index contributed by atoms with van der Waals surface area (Å²) in [5.74, 6) is 0.529. The van der Waals surface area contributed by atoms with E-state index >= 15 is 0 Å². The fourth-order valence-corrected chi connectivity index (χ4v) is 1.14. The fourth-order valence-electron chi connectivity index (χ4n) is 1.14. The summed E-state index contributed by atoms with van der Waals surface area (Å²) in [5.41, 5.74) is 0. The van der Waals surface area contributed by atoms with Crippen molar-refractivity contribution in [3.05, 3.63) is 0 Å². The van der Waals surface area contributed by atoms with Crippen LogP contribution in [-0.2, 0) is 9.59 Å². The first kappa shape index (κ1) is 17.7. The quantitative estimate of drug-likeness (QED) is 0.461. The van der Waals surface area contributed by atoms with Crippen LogP contribution in [0.1, 0.15) is 72.6 Å². The van der Waals surface area contributed by atoms with Gasteiger partial charge in [0.25, 0.3) is 0 Å². The number of hydrogen-bond donors (Lipinski definition) is 0. The third kappa shape index (κ3) is 19.0. The summed E-state index contributed by atoms with van der Waals surface area (Å²) in [6, 6.07) is 0. The van der Waals surface area contributed by atoms with Crippen molar-refractivity contribution in [2.45, 2.75) is 72.6 Å². The lowest BCUT2D eigenvalue weighted by atomic mass is 10.0. The summed E-state index contributed by atoms with van der Waals surface area (Å²) in [7, 11) is 0. The number of carbonyl (C=O) groups is 2. The summed E-state index contributed by atoms with van der Waals surface area (Å²) in [6.07, 6.45) is 9.29. The highest BCUT2D eigenvalue weighted by atomic mass is 16.1. The van der Waals surface area contributed by atoms with Gasteiger partial charge in [-0.15, -0.1) is 0 Å². The van der Waals surface area contributed by atoms with Gasteiger partial charge < -0.3 is 9.59 Å². The molecule has 0 amide bonds. The Morgan fingerprint density at radius 2 is 1.62 bits per heavy atom. The van der Waals surface area contributed by atoms with Gasteiger partial charge in [0, 0.05) is 12.3 Å². The van der Waals surface area contributed by atoms with E-state index in [1.54, 1.807) is 6.92 Å². The van der Waals surface area contributed by atoms with Crippen LogP contribution >= 0.6 is 0 Å². The predicted octanol–water partition coefficient (Wildman–Crippen LogP) is 4.17. The largest absolute Gasteiger partial charge is 0.303 e. The van der Waals surface area contributed by atoms with Crippen molar-refractivity contribution >= 4 is 12.1 Å². The van der Waals surface area contributed by atoms with Crippen molar-refractivity contribution in [1.82, 2.24) is 0 Å². The monoisotopic (exact) mass is 228 g/mol. The van der Waals surface area contributed by atoms with E-state index in [2.05, 4.69) is 6.92 Å². The minimum atomic E-state index is 0.255. The molecule has 0 aliphatic carbocycles. The summed E-state index contributed by atoms with van der Waals surface area (Å²) >= 11 is 0. The zero-order valence-corrected chi connectivity index (χ0v) is 11.4. The molecule has 0 aromatic heterocycles. The van der Waals surface area contributed by atoms with E-state index in [0.29, 0.717) is 6.42 Å². The number of aldehydes is 1. The van der Waals surface area contributed by atoms with E-state index < -0.39 is 0 Å². The van der Waals surface area contributed by atoms with Crippen molar-refractivity contribution in [3.63, 3.8) is 0 Å². The molecule has 0 spiro atoms. The Morgan fingerprint density at radius 3 is 2.00 bits per heavy atom. The maximum atomic E-state index is 10.2. The zero-order valence-electron chi connectivity index (χ0n) is 11.4. The SMILES string of the molecule is CCC(C)=O.CCCCCCCC(C)C=O. The molecule has 0 aromatic rings. The van der Waals surface area contributed by atoms with Gasteiger partial charge in [0.05, 0.1) is 0 Å². The molecule has 0 saturated heterocycles. The average molecular weight is 228 g/mol. The molecular weight excluding hydrogens is 200 g/mol. The number of ketones is 1. The van der Waals surface area contributed by atoms with Crippen molar-refractivity contribution in [2.75, 3.05) is 0 Å². The van der Waals surface area contributed by atoms with Gasteiger partial charge in [-0.2, -0.15) is 0 Å². The molecule has 0 heterocycles. The normalized spacial score (nSPS) is 11.2. The molecule has 0 aromatic carbocycles. The van der Waals surface area contributed by atoms with Gasteiger partial charge >= 0.3 is 0 Å². The van der Waals surface area contributed by atoms with Crippen LogP contribution in [0, 0.1) is 5.92 Å². The summed E-state index contributed by atoms with van der Waals surface area (Å²) in [5, 5.41) is 0. The predicted molar refractivity (Wildman–Crippen MR) is 69.6 cm³/mol. The van der Waals surface area contributed by atoms with Crippen molar-refractivity contribution < 1.29 is 9.59 Å². The Balaban J connectivity index is 0. The maximum absolute atomic E-state index is 10.2. The van der Waals surface area contributed by atoms with Crippen LogP contribution in [0.5, 0.6) is 0 Å². The molecular formula is C14H28O2. The summed E-state index contributed by atoms with van der Waals surface area (Å²) in [4.78, 5) is 20.0. The van der Waals surface area contributed by atoms with Gasteiger partial charge in [-0.25, -0.2) is 0 Å². The van der Waals surface area contributed by atoms with Crippen LogP contribution < -0.4 is 0 Å². The van der Waals surface area contributed by atoms with Crippen molar-refractivity contribution in [1.29, 1.82) is 0 Å². The minimum Gasteiger partial charge on any atom is -0.303 e. The number of rotatable bonds is 8. The molecule has 2 heteroatoms. The van der Waals surface area contributed by atoms with E-state index in [4.69, 9.17) is 0 Å². The number of hydrogen-bond acceptors (Lipinski definition) is 2. The second kappa shape index (κ2) is 14.3. The van der Waals surface area contributed by atoms with E-state index in [-0.39, 0.29) is 11.7 Å². The average Bonchev–Trinajstić information content (AvgIpc) is 2.29. The third-order valence-corrected chi connectivity index (χ3v) is 2.49. The second-order valence-electron chi connectivity index (χ2n) is 4.37. The first-order valence-corrected chi connectivity index (χ1v) is 6.53. The van der Waals surface area contributed by atoms with Gasteiger partial charge in [0.1, 0.15) is 12.1 Å². The molecule has 0 fully saturated rings. The number of Topliss-reactive ketones (excluding diaryl/α,β-unsaturated/α-hetero) is 1. The first-order chi connectivity index (χ1) is 7.58. The Hall–Kier alpha value is -0.660. The molecule has 96 valence electrons. The zero-order chi connectivity index (χ0) is 12.8. The van der Waals surface area contributed by atoms with Crippen LogP contribution in [-0.4, -0.2) is 12.1 Å². The lowest BCUT2D eigenvalue weighted by molar-refractivity contribution is -0.116. The Bertz CT molecular complexity index is 164. The summed E-state index contributed by atoms with van der Waals surface area (Å²) < 4.78 is 0. The van der Waals surface area contributed by atoms with E-state index in [0.717, 1.165) is 12.7 Å². The third-order valence-electron chi connectivity index (χ3n) is 2.49. The van der Waals surface area contributed by atoms with Gasteiger partial charge in [0.15, 0.2) is 0 Å². The smallest absolute Gasteiger partial charge is 0.129 e. The Labute approximate surface area is 101 Å². The summed E-state index contributed by atoms with van der Waals surface area (Å²) in [6.45, 7) is 7.64. The molecule has 0 N–H and O–H groups in total. The van der Waals surface area contributed by atoms with Crippen LogP contribution in [0.4, 0.5) is 0 Å². The van der Waals surface area contributed by atoms with E-state index in [1.165, 1.54) is 32.1 Å². The van der Waals surface area contributed by atoms with Crippen LogP contribution in [0.25, 0.3) is 0 Å². The fraction of sp³-hybridized carbons (Fsp3) is 0.857. The topological polar surface area (TPSA) is 34.1 Å². The highest BCUT2D eigenvalue weighted by molar-refractivity contribution is 5.74. The van der Waals surface area contributed by atoms with E-state index in [9.17, 15) is 9.59 Å². The molecule has 0 rings (SSSR count). The number of unbranched alkanes of at least 4 members (excludes halogenated alkanes) is 4. The molecule has 0 bridgehead atoms.